The molecule has 2 aromatic rings. The molecule has 1 aromatic heterocycles. The Bertz CT molecular complexity index is 593. The number of anilines is 2. The van der Waals surface area contributed by atoms with Crippen LogP contribution in [0.1, 0.15) is 21.6 Å². The summed E-state index contributed by atoms with van der Waals surface area (Å²) < 4.78 is 0. The van der Waals surface area contributed by atoms with E-state index >= 15 is 0 Å². The second kappa shape index (κ2) is 4.87. The van der Waals surface area contributed by atoms with Crippen LogP contribution in [0.2, 0.25) is 0 Å². The zero-order valence-electron chi connectivity index (χ0n) is 10.4. The number of rotatable bonds is 2. The summed E-state index contributed by atoms with van der Waals surface area (Å²) >= 11 is 0. The van der Waals surface area contributed by atoms with E-state index < -0.39 is 0 Å². The van der Waals surface area contributed by atoms with Crippen LogP contribution in [0.15, 0.2) is 36.5 Å². The summed E-state index contributed by atoms with van der Waals surface area (Å²) in [5.74, 6) is -0.163. The van der Waals surface area contributed by atoms with Crippen LogP contribution in [0.4, 0.5) is 11.4 Å². The molecule has 0 unspecified atom stereocenters. The normalized spacial score (nSPS) is 10.1. The SMILES string of the molecule is Cc1cc(C(=O)Nc2ccc(C)c(N)c2)ccn1. The molecule has 0 saturated heterocycles. The molecule has 0 radical (unpaired) electrons. The van der Waals surface area contributed by atoms with Gasteiger partial charge in [0.05, 0.1) is 0 Å². The summed E-state index contributed by atoms with van der Waals surface area (Å²) in [7, 11) is 0. The fourth-order valence-electron chi connectivity index (χ4n) is 1.61. The third-order valence-electron chi connectivity index (χ3n) is 2.70. The summed E-state index contributed by atoms with van der Waals surface area (Å²) in [5, 5.41) is 2.81. The van der Waals surface area contributed by atoms with Gasteiger partial charge >= 0.3 is 0 Å². The lowest BCUT2D eigenvalue weighted by molar-refractivity contribution is 0.102. The highest BCUT2D eigenvalue weighted by Crippen LogP contribution is 2.17. The first kappa shape index (κ1) is 12.1. The molecule has 0 aliphatic carbocycles. The van der Waals surface area contributed by atoms with Gasteiger partial charge in [0.2, 0.25) is 0 Å². The summed E-state index contributed by atoms with van der Waals surface area (Å²) in [4.78, 5) is 16.0. The number of hydrogen-bond donors (Lipinski definition) is 2. The van der Waals surface area contributed by atoms with Crippen LogP contribution in [0.5, 0.6) is 0 Å². The molecule has 4 nitrogen and oxygen atoms in total. The first-order valence-corrected chi connectivity index (χ1v) is 5.66. The third-order valence-corrected chi connectivity index (χ3v) is 2.70. The Morgan fingerprint density at radius 1 is 1.22 bits per heavy atom. The van der Waals surface area contributed by atoms with Gasteiger partial charge in [-0.1, -0.05) is 6.07 Å². The Kier molecular flexibility index (Phi) is 3.28. The average molecular weight is 241 g/mol. The summed E-state index contributed by atoms with van der Waals surface area (Å²) in [6.45, 7) is 3.77. The van der Waals surface area contributed by atoms with Gasteiger partial charge in [0.1, 0.15) is 0 Å². The standard InChI is InChI=1S/C14H15N3O/c1-9-3-4-12(8-13(9)15)17-14(18)11-5-6-16-10(2)7-11/h3-8H,15H2,1-2H3,(H,17,18). The molecule has 0 saturated carbocycles. The van der Waals surface area contributed by atoms with Crippen LogP contribution in [-0.2, 0) is 0 Å². The van der Waals surface area contributed by atoms with E-state index in [1.165, 1.54) is 0 Å². The molecule has 0 bridgehead atoms. The highest BCUT2D eigenvalue weighted by Gasteiger charge is 2.06. The second-order valence-electron chi connectivity index (χ2n) is 4.21. The zero-order chi connectivity index (χ0) is 13.1. The summed E-state index contributed by atoms with van der Waals surface area (Å²) in [6.07, 6.45) is 1.62. The van der Waals surface area contributed by atoms with Crippen molar-refractivity contribution in [2.45, 2.75) is 13.8 Å². The van der Waals surface area contributed by atoms with Crippen LogP contribution in [0.25, 0.3) is 0 Å². The highest BCUT2D eigenvalue weighted by atomic mass is 16.1. The van der Waals surface area contributed by atoms with E-state index in [9.17, 15) is 4.79 Å². The number of benzene rings is 1. The van der Waals surface area contributed by atoms with Crippen LogP contribution in [0, 0.1) is 13.8 Å². The number of hydrogen-bond acceptors (Lipinski definition) is 3. The maximum Gasteiger partial charge on any atom is 0.255 e. The van der Waals surface area contributed by atoms with E-state index in [1.807, 2.05) is 26.0 Å². The van der Waals surface area contributed by atoms with Crippen LogP contribution in [0.3, 0.4) is 0 Å². The maximum absolute atomic E-state index is 12.0. The Labute approximate surface area is 106 Å². The number of nitrogens with zero attached hydrogens (tertiary/aromatic N) is 1. The largest absolute Gasteiger partial charge is 0.398 e. The Balaban J connectivity index is 2.18. The number of amides is 1. The molecule has 18 heavy (non-hydrogen) atoms. The number of nitrogens with two attached hydrogens (primary N) is 1. The molecule has 1 amide bonds. The fourth-order valence-corrected chi connectivity index (χ4v) is 1.61. The number of pyridine rings is 1. The van der Waals surface area contributed by atoms with Crippen molar-refractivity contribution in [3.8, 4) is 0 Å². The van der Waals surface area contributed by atoms with Crippen molar-refractivity contribution in [3.63, 3.8) is 0 Å². The van der Waals surface area contributed by atoms with Crippen molar-refractivity contribution in [3.05, 3.63) is 53.3 Å². The molecule has 1 aromatic carbocycles. The summed E-state index contributed by atoms with van der Waals surface area (Å²) in [6, 6.07) is 8.88. The van der Waals surface area contributed by atoms with Crippen LogP contribution >= 0.6 is 0 Å². The molecule has 3 N–H and O–H groups in total. The van der Waals surface area contributed by atoms with Gasteiger partial charge in [0.15, 0.2) is 0 Å². The lowest BCUT2D eigenvalue weighted by Gasteiger charge is -2.07. The molecule has 0 spiro atoms. The van der Waals surface area contributed by atoms with Gasteiger partial charge in [0, 0.05) is 28.8 Å². The predicted octanol–water partition coefficient (Wildman–Crippen LogP) is 2.53. The van der Waals surface area contributed by atoms with Gasteiger partial charge in [0.25, 0.3) is 5.91 Å². The summed E-state index contributed by atoms with van der Waals surface area (Å²) in [5.41, 5.74) is 9.54. The van der Waals surface area contributed by atoms with E-state index in [2.05, 4.69) is 10.3 Å². The molecule has 0 fully saturated rings. The van der Waals surface area contributed by atoms with Crippen LogP contribution in [-0.4, -0.2) is 10.9 Å². The molecular weight excluding hydrogens is 226 g/mol. The Morgan fingerprint density at radius 3 is 2.67 bits per heavy atom. The van der Waals surface area contributed by atoms with E-state index in [0.29, 0.717) is 16.9 Å². The Hall–Kier alpha value is -2.36. The second-order valence-corrected chi connectivity index (χ2v) is 4.21. The van der Waals surface area contributed by atoms with Crippen molar-refractivity contribution in [2.24, 2.45) is 0 Å². The molecule has 92 valence electrons. The Morgan fingerprint density at radius 2 is 2.00 bits per heavy atom. The molecule has 0 atom stereocenters. The number of nitrogens with one attached hydrogen (secondary N) is 1. The quantitative estimate of drug-likeness (QED) is 0.794. The average Bonchev–Trinajstić information content (AvgIpc) is 2.34. The number of aromatic nitrogens is 1. The smallest absolute Gasteiger partial charge is 0.255 e. The van der Waals surface area contributed by atoms with Gasteiger partial charge in [-0.05, 0) is 43.7 Å². The third kappa shape index (κ3) is 2.66. The lowest BCUT2D eigenvalue weighted by atomic mass is 10.1. The molecule has 0 aliphatic heterocycles. The van der Waals surface area contributed by atoms with Gasteiger partial charge < -0.3 is 11.1 Å². The van der Waals surface area contributed by atoms with E-state index in [-0.39, 0.29) is 5.91 Å². The van der Waals surface area contributed by atoms with Gasteiger partial charge in [-0.2, -0.15) is 0 Å². The maximum atomic E-state index is 12.0. The molecule has 2 rings (SSSR count). The first-order chi connectivity index (χ1) is 8.56. The lowest BCUT2D eigenvalue weighted by Crippen LogP contribution is -2.12. The number of carbonyl (C=O) groups is 1. The van der Waals surface area contributed by atoms with Crippen molar-refractivity contribution in [1.29, 1.82) is 0 Å². The number of nitrogen functional groups attached to an aromatic ring is 1. The minimum absolute atomic E-state index is 0.163. The van der Waals surface area contributed by atoms with E-state index in [4.69, 9.17) is 5.73 Å². The van der Waals surface area contributed by atoms with Crippen molar-refractivity contribution in [1.82, 2.24) is 4.98 Å². The fraction of sp³-hybridized carbons (Fsp3) is 0.143. The van der Waals surface area contributed by atoms with Crippen molar-refractivity contribution < 1.29 is 4.79 Å². The topological polar surface area (TPSA) is 68.0 Å². The minimum atomic E-state index is -0.163. The molecular formula is C14H15N3O. The first-order valence-electron chi connectivity index (χ1n) is 5.66. The van der Waals surface area contributed by atoms with Crippen molar-refractivity contribution >= 4 is 17.3 Å². The predicted molar refractivity (Wildman–Crippen MR) is 72.5 cm³/mol. The van der Waals surface area contributed by atoms with Crippen molar-refractivity contribution in [2.75, 3.05) is 11.1 Å². The zero-order valence-corrected chi connectivity index (χ0v) is 10.4. The minimum Gasteiger partial charge on any atom is -0.398 e. The molecule has 1 heterocycles. The number of carbonyl (C=O) groups excluding carboxylic acids is 1. The molecule has 0 aliphatic rings. The highest BCUT2D eigenvalue weighted by molar-refractivity contribution is 6.04. The molecule has 4 heteroatoms. The number of aryl methyl sites for hydroxylation is 2. The van der Waals surface area contributed by atoms with Gasteiger partial charge in [-0.3, -0.25) is 9.78 Å². The monoisotopic (exact) mass is 241 g/mol. The van der Waals surface area contributed by atoms with Gasteiger partial charge in [-0.25, -0.2) is 0 Å². The van der Waals surface area contributed by atoms with Gasteiger partial charge in [-0.15, -0.1) is 0 Å². The van der Waals surface area contributed by atoms with E-state index in [0.717, 1.165) is 11.3 Å². The van der Waals surface area contributed by atoms with E-state index in [1.54, 1.807) is 24.4 Å². The van der Waals surface area contributed by atoms with Crippen LogP contribution < -0.4 is 11.1 Å².